The van der Waals surface area contributed by atoms with Crippen LogP contribution in [-0.4, -0.2) is 55.2 Å². The third-order valence-electron chi connectivity index (χ3n) is 3.14. The lowest BCUT2D eigenvalue weighted by Crippen LogP contribution is -2.45. The van der Waals surface area contributed by atoms with E-state index in [1.54, 1.807) is 7.05 Å². The van der Waals surface area contributed by atoms with Gasteiger partial charge in [-0.2, -0.15) is 13.2 Å². The molecule has 0 saturated carbocycles. The number of morpholine rings is 1. The minimum absolute atomic E-state index is 0.0192. The van der Waals surface area contributed by atoms with Gasteiger partial charge in [0, 0.05) is 32.9 Å². The zero-order chi connectivity index (χ0) is 15.5. The van der Waals surface area contributed by atoms with Gasteiger partial charge in [-0.1, -0.05) is 0 Å². The number of pyridine rings is 1. The van der Waals surface area contributed by atoms with Crippen LogP contribution < -0.4 is 5.32 Å². The summed E-state index contributed by atoms with van der Waals surface area (Å²) < 4.78 is 42.8. The van der Waals surface area contributed by atoms with Crippen LogP contribution in [0.3, 0.4) is 0 Å². The van der Waals surface area contributed by atoms with E-state index >= 15 is 0 Å². The number of likely N-dealkylation sites (N-methyl/N-ethyl adjacent to an activating group) is 1. The Kier molecular flexibility index (Phi) is 4.79. The quantitative estimate of drug-likeness (QED) is 0.910. The molecule has 1 aromatic rings. The molecule has 1 N–H and O–H groups in total. The zero-order valence-corrected chi connectivity index (χ0v) is 11.5. The molecule has 1 saturated heterocycles. The van der Waals surface area contributed by atoms with Crippen molar-refractivity contribution in [3.8, 4) is 0 Å². The first kappa shape index (κ1) is 15.7. The number of ether oxygens (including phenoxy) is 1. The van der Waals surface area contributed by atoms with Crippen LogP contribution in [0.2, 0.25) is 0 Å². The van der Waals surface area contributed by atoms with Gasteiger partial charge in [0.15, 0.2) is 0 Å². The van der Waals surface area contributed by atoms with Crippen molar-refractivity contribution in [1.29, 1.82) is 0 Å². The number of aromatic nitrogens is 1. The second-order valence-electron chi connectivity index (χ2n) is 4.81. The molecule has 2 rings (SSSR count). The van der Waals surface area contributed by atoms with Crippen molar-refractivity contribution in [3.05, 3.63) is 29.6 Å². The van der Waals surface area contributed by atoms with Crippen molar-refractivity contribution in [2.45, 2.75) is 12.3 Å². The SMILES string of the molecule is CN(CC1CNCCO1)C(=O)c1ccc(C(F)(F)F)cn1. The van der Waals surface area contributed by atoms with Crippen LogP contribution in [-0.2, 0) is 10.9 Å². The standard InChI is InChI=1S/C13H16F3N3O2/c1-19(8-10-7-17-4-5-21-10)12(20)11-3-2-9(6-18-11)13(14,15)16/h2-3,6,10,17H,4-5,7-8H2,1H3. The van der Waals surface area contributed by atoms with Gasteiger partial charge in [-0.15, -0.1) is 0 Å². The smallest absolute Gasteiger partial charge is 0.374 e. The fraction of sp³-hybridized carbons (Fsp3) is 0.538. The van der Waals surface area contributed by atoms with Gasteiger partial charge in [0.05, 0.1) is 18.3 Å². The summed E-state index contributed by atoms with van der Waals surface area (Å²) in [5.74, 6) is -0.433. The third-order valence-corrected chi connectivity index (χ3v) is 3.14. The Morgan fingerprint density at radius 2 is 2.29 bits per heavy atom. The van der Waals surface area contributed by atoms with E-state index in [1.807, 2.05) is 0 Å². The van der Waals surface area contributed by atoms with Crippen LogP contribution in [0.5, 0.6) is 0 Å². The number of carbonyl (C=O) groups is 1. The molecule has 0 aliphatic carbocycles. The van der Waals surface area contributed by atoms with Gasteiger partial charge in [-0.3, -0.25) is 9.78 Å². The monoisotopic (exact) mass is 303 g/mol. The Labute approximate surface area is 120 Å². The molecular formula is C13H16F3N3O2. The highest BCUT2D eigenvalue weighted by Gasteiger charge is 2.31. The van der Waals surface area contributed by atoms with Gasteiger partial charge in [0.1, 0.15) is 5.69 Å². The van der Waals surface area contributed by atoms with Crippen LogP contribution in [0.25, 0.3) is 0 Å². The Morgan fingerprint density at radius 3 is 2.81 bits per heavy atom. The average molecular weight is 303 g/mol. The van der Waals surface area contributed by atoms with E-state index in [2.05, 4.69) is 10.3 Å². The molecule has 1 unspecified atom stereocenters. The first-order chi connectivity index (χ1) is 9.88. The number of amides is 1. The Hall–Kier alpha value is -1.67. The Balaban J connectivity index is 1.98. The van der Waals surface area contributed by atoms with E-state index in [-0.39, 0.29) is 11.8 Å². The fourth-order valence-electron chi connectivity index (χ4n) is 2.01. The number of hydrogen-bond donors (Lipinski definition) is 1. The predicted molar refractivity (Wildman–Crippen MR) is 68.8 cm³/mol. The molecule has 1 atom stereocenters. The molecule has 1 aromatic heterocycles. The highest BCUT2D eigenvalue weighted by molar-refractivity contribution is 5.92. The normalized spacial score (nSPS) is 19.3. The molecule has 1 aliphatic rings. The molecule has 0 aromatic carbocycles. The van der Waals surface area contributed by atoms with Crippen LogP contribution >= 0.6 is 0 Å². The summed E-state index contributed by atoms with van der Waals surface area (Å²) >= 11 is 0. The lowest BCUT2D eigenvalue weighted by atomic mass is 10.2. The summed E-state index contributed by atoms with van der Waals surface area (Å²) in [4.78, 5) is 17.1. The molecular weight excluding hydrogens is 287 g/mol. The van der Waals surface area contributed by atoms with Gasteiger partial charge in [-0.05, 0) is 12.1 Å². The summed E-state index contributed by atoms with van der Waals surface area (Å²) in [6, 6.07) is 1.94. The maximum Gasteiger partial charge on any atom is 0.417 e. The van der Waals surface area contributed by atoms with Crippen molar-refractivity contribution >= 4 is 5.91 Å². The predicted octanol–water partition coefficient (Wildman–Crippen LogP) is 1.16. The van der Waals surface area contributed by atoms with Gasteiger partial charge in [0.25, 0.3) is 5.91 Å². The van der Waals surface area contributed by atoms with Crippen LogP contribution in [0.4, 0.5) is 13.2 Å². The number of halogens is 3. The number of hydrogen-bond acceptors (Lipinski definition) is 4. The van der Waals surface area contributed by atoms with E-state index in [0.29, 0.717) is 25.9 Å². The lowest BCUT2D eigenvalue weighted by molar-refractivity contribution is -0.137. The van der Waals surface area contributed by atoms with Gasteiger partial charge in [0.2, 0.25) is 0 Å². The molecule has 1 amide bonds. The highest BCUT2D eigenvalue weighted by atomic mass is 19.4. The van der Waals surface area contributed by atoms with E-state index < -0.39 is 17.6 Å². The average Bonchev–Trinajstić information content (AvgIpc) is 2.46. The van der Waals surface area contributed by atoms with Gasteiger partial charge >= 0.3 is 6.18 Å². The lowest BCUT2D eigenvalue weighted by Gasteiger charge is -2.27. The molecule has 8 heteroatoms. The summed E-state index contributed by atoms with van der Waals surface area (Å²) in [5, 5.41) is 3.14. The fourth-order valence-corrected chi connectivity index (χ4v) is 2.01. The van der Waals surface area contributed by atoms with E-state index in [9.17, 15) is 18.0 Å². The molecule has 1 aliphatic heterocycles. The van der Waals surface area contributed by atoms with E-state index in [0.717, 1.165) is 18.7 Å². The number of nitrogens with zero attached hydrogens (tertiary/aromatic N) is 2. The number of nitrogens with one attached hydrogen (secondary N) is 1. The van der Waals surface area contributed by atoms with E-state index in [4.69, 9.17) is 4.74 Å². The topological polar surface area (TPSA) is 54.5 Å². The van der Waals surface area contributed by atoms with Gasteiger partial charge < -0.3 is 15.0 Å². The number of carbonyl (C=O) groups excluding carboxylic acids is 1. The first-order valence-corrected chi connectivity index (χ1v) is 6.49. The minimum atomic E-state index is -4.46. The van der Waals surface area contributed by atoms with Crippen LogP contribution in [0.1, 0.15) is 16.1 Å². The molecule has 2 heterocycles. The zero-order valence-electron chi connectivity index (χ0n) is 11.5. The molecule has 116 valence electrons. The second kappa shape index (κ2) is 6.40. The molecule has 0 radical (unpaired) electrons. The first-order valence-electron chi connectivity index (χ1n) is 6.49. The minimum Gasteiger partial charge on any atom is -0.374 e. The summed E-state index contributed by atoms with van der Waals surface area (Å²) in [6.07, 6.45) is -3.91. The molecule has 0 bridgehead atoms. The van der Waals surface area contributed by atoms with Crippen molar-refractivity contribution in [1.82, 2.24) is 15.2 Å². The molecule has 5 nitrogen and oxygen atoms in total. The number of rotatable bonds is 3. The summed E-state index contributed by atoms with van der Waals surface area (Å²) in [5.41, 5.74) is -0.893. The Bertz CT molecular complexity index is 484. The Morgan fingerprint density at radius 1 is 1.52 bits per heavy atom. The number of alkyl halides is 3. The van der Waals surface area contributed by atoms with Crippen molar-refractivity contribution in [2.24, 2.45) is 0 Å². The van der Waals surface area contributed by atoms with Crippen molar-refractivity contribution in [2.75, 3.05) is 33.3 Å². The largest absolute Gasteiger partial charge is 0.417 e. The maximum absolute atomic E-state index is 12.4. The summed E-state index contributed by atoms with van der Waals surface area (Å²) in [6.45, 7) is 2.34. The summed E-state index contributed by atoms with van der Waals surface area (Å²) in [7, 11) is 1.57. The third kappa shape index (κ3) is 4.15. The van der Waals surface area contributed by atoms with Crippen molar-refractivity contribution < 1.29 is 22.7 Å². The molecule has 21 heavy (non-hydrogen) atoms. The second-order valence-corrected chi connectivity index (χ2v) is 4.81. The van der Waals surface area contributed by atoms with Crippen LogP contribution in [0.15, 0.2) is 18.3 Å². The highest BCUT2D eigenvalue weighted by Crippen LogP contribution is 2.28. The molecule has 0 spiro atoms. The molecule has 1 fully saturated rings. The maximum atomic E-state index is 12.4. The van der Waals surface area contributed by atoms with E-state index in [1.165, 1.54) is 4.90 Å². The van der Waals surface area contributed by atoms with Crippen molar-refractivity contribution in [3.63, 3.8) is 0 Å². The van der Waals surface area contributed by atoms with Gasteiger partial charge in [-0.25, -0.2) is 0 Å². The van der Waals surface area contributed by atoms with Crippen LogP contribution in [0, 0.1) is 0 Å².